The highest BCUT2D eigenvalue weighted by Crippen LogP contribution is 2.26. The molecule has 2 aromatic rings. The van der Waals surface area contributed by atoms with Crippen LogP contribution in [0.2, 0.25) is 5.15 Å². The van der Waals surface area contributed by atoms with Crippen molar-refractivity contribution in [2.75, 3.05) is 5.32 Å². The molecule has 0 saturated heterocycles. The Morgan fingerprint density at radius 3 is 2.71 bits per heavy atom. The van der Waals surface area contributed by atoms with E-state index in [-0.39, 0.29) is 40.5 Å². The van der Waals surface area contributed by atoms with Crippen molar-refractivity contribution >= 4 is 34.6 Å². The molecule has 5 nitrogen and oxygen atoms in total. The van der Waals surface area contributed by atoms with E-state index in [0.717, 1.165) is 17.4 Å². The Morgan fingerprint density at radius 1 is 1.38 bits per heavy atom. The fourth-order valence-electron chi connectivity index (χ4n) is 2.49. The molecule has 0 spiro atoms. The van der Waals surface area contributed by atoms with Crippen molar-refractivity contribution in [3.05, 3.63) is 17.3 Å². The molecular formula is C15H18ClF3N4O. The highest BCUT2D eigenvalue weighted by molar-refractivity contribution is 6.29. The summed E-state index contributed by atoms with van der Waals surface area (Å²) >= 11 is 5.76. The second kappa shape index (κ2) is 7.38. The number of aromatic nitrogens is 3. The first-order valence-corrected chi connectivity index (χ1v) is 7.96. The van der Waals surface area contributed by atoms with Gasteiger partial charge in [-0.15, -0.1) is 0 Å². The van der Waals surface area contributed by atoms with Crippen LogP contribution in [0.4, 0.5) is 19.1 Å². The third-order valence-corrected chi connectivity index (χ3v) is 3.67. The topological polar surface area (TPSA) is 59.8 Å². The van der Waals surface area contributed by atoms with E-state index in [2.05, 4.69) is 15.3 Å². The van der Waals surface area contributed by atoms with Crippen LogP contribution < -0.4 is 5.32 Å². The minimum absolute atomic E-state index is 0.0169. The summed E-state index contributed by atoms with van der Waals surface area (Å²) in [4.78, 5) is 20.0. The summed E-state index contributed by atoms with van der Waals surface area (Å²) in [6.07, 6.45) is -2.46. The van der Waals surface area contributed by atoms with E-state index in [0.29, 0.717) is 0 Å². The van der Waals surface area contributed by atoms with Gasteiger partial charge in [-0.3, -0.25) is 14.7 Å². The smallest absolute Gasteiger partial charge is 0.296 e. The number of carbonyl (C=O) groups excluding carboxylic acids is 1. The van der Waals surface area contributed by atoms with Gasteiger partial charge in [-0.05, 0) is 18.1 Å². The van der Waals surface area contributed by atoms with Crippen molar-refractivity contribution in [2.24, 2.45) is 5.92 Å². The number of imidazole rings is 1. The standard InChI is InChI=1S/C15H18ClF3N4O/c1-3-4-9(2)7-12(24)22-14-20-10-5-6-11(16)21-13(10)23(14)8-15(17,18)19/h5-6,9H,3-4,7-8H2,1-2H3,(H,20,22,24). The molecule has 0 bridgehead atoms. The minimum Gasteiger partial charge on any atom is -0.296 e. The zero-order valence-corrected chi connectivity index (χ0v) is 14.1. The minimum atomic E-state index is -4.48. The van der Waals surface area contributed by atoms with E-state index in [4.69, 9.17) is 11.6 Å². The van der Waals surface area contributed by atoms with Gasteiger partial charge in [0.05, 0.1) is 0 Å². The van der Waals surface area contributed by atoms with Gasteiger partial charge in [0, 0.05) is 6.42 Å². The number of rotatable bonds is 6. The molecule has 0 fully saturated rings. The molecule has 1 atom stereocenters. The van der Waals surface area contributed by atoms with Gasteiger partial charge in [0.2, 0.25) is 11.9 Å². The molecule has 0 aromatic carbocycles. The molecule has 1 unspecified atom stereocenters. The Balaban J connectivity index is 2.31. The average molecular weight is 363 g/mol. The Labute approximate surface area is 142 Å². The quantitative estimate of drug-likeness (QED) is 0.774. The Bertz CT molecular complexity index is 729. The number of nitrogens with zero attached hydrogens (tertiary/aromatic N) is 3. The number of hydrogen-bond donors (Lipinski definition) is 1. The number of fused-ring (bicyclic) bond motifs is 1. The number of carbonyl (C=O) groups is 1. The molecule has 132 valence electrons. The van der Waals surface area contributed by atoms with Crippen molar-refractivity contribution in [2.45, 2.75) is 45.8 Å². The van der Waals surface area contributed by atoms with E-state index in [9.17, 15) is 18.0 Å². The zero-order valence-electron chi connectivity index (χ0n) is 13.3. The molecule has 9 heteroatoms. The Kier molecular flexibility index (Phi) is 5.69. The third-order valence-electron chi connectivity index (χ3n) is 3.46. The number of amides is 1. The van der Waals surface area contributed by atoms with Gasteiger partial charge in [-0.1, -0.05) is 38.3 Å². The SMILES string of the molecule is CCCC(C)CC(=O)Nc1nc2ccc(Cl)nc2n1CC(F)(F)F. The molecule has 2 heterocycles. The summed E-state index contributed by atoms with van der Waals surface area (Å²) in [5.41, 5.74) is 0.220. The van der Waals surface area contributed by atoms with Gasteiger partial charge in [-0.25, -0.2) is 9.97 Å². The molecule has 0 aliphatic rings. The number of pyridine rings is 1. The highest BCUT2D eigenvalue weighted by atomic mass is 35.5. The lowest BCUT2D eigenvalue weighted by molar-refractivity contribution is -0.139. The Morgan fingerprint density at radius 2 is 2.08 bits per heavy atom. The monoisotopic (exact) mass is 362 g/mol. The predicted octanol–water partition coefficient (Wildman–Crippen LogP) is 4.41. The lowest BCUT2D eigenvalue weighted by Crippen LogP contribution is -2.23. The van der Waals surface area contributed by atoms with Crippen molar-refractivity contribution < 1.29 is 18.0 Å². The van der Waals surface area contributed by atoms with Gasteiger partial charge < -0.3 is 0 Å². The van der Waals surface area contributed by atoms with Gasteiger partial charge in [0.25, 0.3) is 0 Å². The number of hydrogen-bond acceptors (Lipinski definition) is 3. The van der Waals surface area contributed by atoms with Crippen molar-refractivity contribution in [3.63, 3.8) is 0 Å². The molecule has 0 radical (unpaired) electrons. The second-order valence-electron chi connectivity index (χ2n) is 5.76. The number of halogens is 4. The molecular weight excluding hydrogens is 345 g/mol. The molecule has 0 saturated carbocycles. The van der Waals surface area contributed by atoms with Crippen LogP contribution in [0, 0.1) is 5.92 Å². The van der Waals surface area contributed by atoms with Crippen LogP contribution in [0.5, 0.6) is 0 Å². The van der Waals surface area contributed by atoms with Crippen molar-refractivity contribution in [1.29, 1.82) is 0 Å². The van der Waals surface area contributed by atoms with Gasteiger partial charge >= 0.3 is 6.18 Å². The molecule has 0 aliphatic heterocycles. The third kappa shape index (κ3) is 4.83. The van der Waals surface area contributed by atoms with E-state index in [1.165, 1.54) is 12.1 Å². The number of alkyl halides is 3. The predicted molar refractivity (Wildman–Crippen MR) is 85.9 cm³/mol. The number of anilines is 1. The first-order valence-electron chi connectivity index (χ1n) is 7.59. The highest BCUT2D eigenvalue weighted by Gasteiger charge is 2.31. The van der Waals surface area contributed by atoms with Crippen LogP contribution >= 0.6 is 11.6 Å². The van der Waals surface area contributed by atoms with Gasteiger partial charge in [-0.2, -0.15) is 13.2 Å². The number of nitrogens with one attached hydrogen (secondary N) is 1. The summed E-state index contributed by atoms with van der Waals surface area (Å²) in [5.74, 6) is -0.408. The lowest BCUT2D eigenvalue weighted by atomic mass is 10.0. The molecule has 2 aromatic heterocycles. The average Bonchev–Trinajstić information content (AvgIpc) is 2.74. The van der Waals surface area contributed by atoms with Gasteiger partial charge in [0.15, 0.2) is 5.65 Å². The van der Waals surface area contributed by atoms with Crippen LogP contribution in [0.3, 0.4) is 0 Å². The molecule has 1 amide bonds. The zero-order chi connectivity index (χ0) is 17.9. The second-order valence-corrected chi connectivity index (χ2v) is 6.15. The summed E-state index contributed by atoms with van der Waals surface area (Å²) in [7, 11) is 0. The van der Waals surface area contributed by atoms with Crippen molar-refractivity contribution in [3.8, 4) is 0 Å². The molecule has 24 heavy (non-hydrogen) atoms. The first kappa shape index (κ1) is 18.5. The fourth-order valence-corrected chi connectivity index (χ4v) is 2.63. The van der Waals surface area contributed by atoms with E-state index >= 15 is 0 Å². The maximum absolute atomic E-state index is 12.9. The van der Waals surface area contributed by atoms with E-state index < -0.39 is 12.7 Å². The molecule has 0 aliphatic carbocycles. The molecule has 2 rings (SSSR count). The van der Waals surface area contributed by atoms with Crippen LogP contribution in [0.1, 0.15) is 33.1 Å². The first-order chi connectivity index (χ1) is 11.2. The summed E-state index contributed by atoms with van der Waals surface area (Å²) in [6.45, 7) is 2.62. The van der Waals surface area contributed by atoms with Crippen LogP contribution in [0.25, 0.3) is 11.2 Å². The van der Waals surface area contributed by atoms with Crippen molar-refractivity contribution in [1.82, 2.24) is 14.5 Å². The maximum Gasteiger partial charge on any atom is 0.406 e. The largest absolute Gasteiger partial charge is 0.406 e. The van der Waals surface area contributed by atoms with E-state index in [1.54, 1.807) is 0 Å². The normalized spacial score (nSPS) is 13.2. The summed E-state index contributed by atoms with van der Waals surface area (Å²) in [6, 6.07) is 2.90. The van der Waals surface area contributed by atoms with Crippen LogP contribution in [0.15, 0.2) is 12.1 Å². The Hall–Kier alpha value is -1.83. The fraction of sp³-hybridized carbons (Fsp3) is 0.533. The lowest BCUT2D eigenvalue weighted by Gasteiger charge is -2.13. The maximum atomic E-state index is 12.9. The van der Waals surface area contributed by atoms with Gasteiger partial charge in [0.1, 0.15) is 17.2 Å². The molecule has 1 N–H and O–H groups in total. The summed E-state index contributed by atoms with van der Waals surface area (Å²) in [5, 5.41) is 2.52. The summed E-state index contributed by atoms with van der Waals surface area (Å²) < 4.78 is 39.4. The van der Waals surface area contributed by atoms with E-state index in [1.807, 2.05) is 13.8 Å². The van der Waals surface area contributed by atoms with Crippen LogP contribution in [-0.2, 0) is 11.3 Å². The van der Waals surface area contributed by atoms with Crippen LogP contribution in [-0.4, -0.2) is 26.6 Å².